The first-order valence-electron chi connectivity index (χ1n) is 7.86. The Morgan fingerprint density at radius 3 is 2.86 bits per heavy atom. The van der Waals surface area contributed by atoms with Crippen molar-refractivity contribution >= 4 is 21.6 Å². The Balaban J connectivity index is 1.98. The number of rotatable bonds is 6. The van der Waals surface area contributed by atoms with Gasteiger partial charge in [0.15, 0.2) is 0 Å². The second kappa shape index (κ2) is 8.16. The van der Waals surface area contributed by atoms with Crippen LogP contribution in [0.15, 0.2) is 22.7 Å². The van der Waals surface area contributed by atoms with Crippen molar-refractivity contribution in [3.8, 4) is 0 Å². The molecular formula is C17H27BrN2O. The number of methoxy groups -OCH3 is 1. The number of nitrogens with one attached hydrogen (secondary N) is 1. The molecule has 1 fully saturated rings. The predicted molar refractivity (Wildman–Crippen MR) is 92.9 cm³/mol. The zero-order valence-electron chi connectivity index (χ0n) is 13.4. The maximum Gasteiger partial charge on any atom is 0.0587 e. The third-order valence-electron chi connectivity index (χ3n) is 4.27. The fourth-order valence-corrected chi connectivity index (χ4v) is 3.72. The first-order chi connectivity index (χ1) is 10.1. The minimum absolute atomic E-state index is 0.621. The molecule has 1 aliphatic rings. The molecule has 1 N–H and O–H groups in total. The van der Waals surface area contributed by atoms with Crippen molar-refractivity contribution in [1.82, 2.24) is 5.32 Å². The second-order valence-corrected chi connectivity index (χ2v) is 6.98. The monoisotopic (exact) mass is 354 g/mol. The normalized spacial score (nSPS) is 22.6. The molecule has 1 saturated heterocycles. The molecule has 0 radical (unpaired) electrons. The highest BCUT2D eigenvalue weighted by atomic mass is 79.9. The van der Waals surface area contributed by atoms with Gasteiger partial charge >= 0.3 is 0 Å². The zero-order valence-corrected chi connectivity index (χ0v) is 14.9. The molecule has 0 bridgehead atoms. The lowest BCUT2D eigenvalue weighted by Crippen LogP contribution is -2.40. The van der Waals surface area contributed by atoms with Gasteiger partial charge < -0.3 is 15.0 Å². The quantitative estimate of drug-likeness (QED) is 0.786. The molecule has 0 saturated carbocycles. The molecule has 0 aliphatic carbocycles. The molecule has 1 heterocycles. The van der Waals surface area contributed by atoms with E-state index in [0.717, 1.165) is 32.2 Å². The lowest BCUT2D eigenvalue weighted by molar-refractivity contribution is 0.199. The van der Waals surface area contributed by atoms with E-state index in [9.17, 15) is 0 Å². The minimum atomic E-state index is 0.621. The van der Waals surface area contributed by atoms with Crippen LogP contribution in [0.5, 0.6) is 0 Å². The topological polar surface area (TPSA) is 24.5 Å². The van der Waals surface area contributed by atoms with Crippen LogP contribution in [0.3, 0.4) is 0 Å². The number of hydrogen-bond donors (Lipinski definition) is 1. The van der Waals surface area contributed by atoms with E-state index in [1.54, 1.807) is 7.11 Å². The standard InChI is InChI=1S/C17H27BrN2O/c1-13-6-8-20(14(2)10-13)17-5-4-15(11-16(17)18)12-19-7-9-21-3/h4-5,11,13-14,19H,6-10,12H2,1-3H3. The van der Waals surface area contributed by atoms with E-state index < -0.39 is 0 Å². The van der Waals surface area contributed by atoms with Gasteiger partial charge in [0.05, 0.1) is 12.3 Å². The van der Waals surface area contributed by atoms with Gasteiger partial charge in [-0.2, -0.15) is 0 Å². The third kappa shape index (κ3) is 4.70. The molecule has 0 aromatic heterocycles. The van der Waals surface area contributed by atoms with Crippen LogP contribution in [-0.2, 0) is 11.3 Å². The Bertz CT molecular complexity index is 452. The van der Waals surface area contributed by atoms with E-state index in [0.29, 0.717) is 6.04 Å². The van der Waals surface area contributed by atoms with E-state index in [1.165, 1.54) is 28.6 Å². The summed E-state index contributed by atoms with van der Waals surface area (Å²) in [5.74, 6) is 0.847. The van der Waals surface area contributed by atoms with Crippen LogP contribution in [-0.4, -0.2) is 32.8 Å². The zero-order chi connectivity index (χ0) is 15.2. The molecule has 4 heteroatoms. The summed E-state index contributed by atoms with van der Waals surface area (Å²) in [6.45, 7) is 8.38. The summed E-state index contributed by atoms with van der Waals surface area (Å²) in [5, 5.41) is 3.38. The summed E-state index contributed by atoms with van der Waals surface area (Å²) in [6, 6.07) is 7.34. The van der Waals surface area contributed by atoms with E-state index >= 15 is 0 Å². The molecule has 1 aliphatic heterocycles. The molecule has 0 amide bonds. The summed E-state index contributed by atoms with van der Waals surface area (Å²) in [4.78, 5) is 2.53. The number of halogens is 1. The summed E-state index contributed by atoms with van der Waals surface area (Å²) in [5.41, 5.74) is 2.63. The minimum Gasteiger partial charge on any atom is -0.383 e. The first-order valence-corrected chi connectivity index (χ1v) is 8.66. The molecule has 2 unspecified atom stereocenters. The van der Waals surface area contributed by atoms with Crippen LogP contribution in [0, 0.1) is 5.92 Å². The molecule has 118 valence electrons. The van der Waals surface area contributed by atoms with Crippen molar-refractivity contribution in [2.45, 2.75) is 39.3 Å². The Labute approximate surface area is 137 Å². The number of benzene rings is 1. The van der Waals surface area contributed by atoms with Crippen molar-refractivity contribution in [1.29, 1.82) is 0 Å². The molecule has 21 heavy (non-hydrogen) atoms. The first kappa shape index (κ1) is 16.8. The van der Waals surface area contributed by atoms with Gasteiger partial charge in [-0.15, -0.1) is 0 Å². The van der Waals surface area contributed by atoms with Crippen molar-refractivity contribution in [2.75, 3.05) is 31.7 Å². The van der Waals surface area contributed by atoms with Gasteiger partial charge in [-0.3, -0.25) is 0 Å². The molecule has 1 aromatic rings. The average molecular weight is 355 g/mol. The number of hydrogen-bond acceptors (Lipinski definition) is 3. The van der Waals surface area contributed by atoms with Crippen molar-refractivity contribution in [3.63, 3.8) is 0 Å². The van der Waals surface area contributed by atoms with Crippen LogP contribution in [0.4, 0.5) is 5.69 Å². The Morgan fingerprint density at radius 2 is 2.19 bits per heavy atom. The Kier molecular flexibility index (Phi) is 6.52. The number of anilines is 1. The van der Waals surface area contributed by atoms with Crippen LogP contribution in [0.25, 0.3) is 0 Å². The van der Waals surface area contributed by atoms with E-state index in [-0.39, 0.29) is 0 Å². The maximum atomic E-state index is 5.04. The second-order valence-electron chi connectivity index (χ2n) is 6.13. The number of piperidine rings is 1. The highest BCUT2D eigenvalue weighted by Gasteiger charge is 2.24. The lowest BCUT2D eigenvalue weighted by Gasteiger charge is -2.39. The van der Waals surface area contributed by atoms with Crippen LogP contribution < -0.4 is 10.2 Å². The van der Waals surface area contributed by atoms with E-state index in [1.807, 2.05) is 0 Å². The largest absolute Gasteiger partial charge is 0.383 e. The summed E-state index contributed by atoms with van der Waals surface area (Å²) in [6.07, 6.45) is 2.57. The van der Waals surface area contributed by atoms with Gasteiger partial charge in [0.1, 0.15) is 0 Å². The highest BCUT2D eigenvalue weighted by Crippen LogP contribution is 2.33. The van der Waals surface area contributed by atoms with Gasteiger partial charge in [-0.1, -0.05) is 13.0 Å². The predicted octanol–water partition coefficient (Wildman–Crippen LogP) is 3.81. The fourth-order valence-electron chi connectivity index (χ4n) is 3.07. The Hall–Kier alpha value is -0.580. The highest BCUT2D eigenvalue weighted by molar-refractivity contribution is 9.10. The molecule has 1 aromatic carbocycles. The molecule has 0 spiro atoms. The number of nitrogens with zero attached hydrogens (tertiary/aromatic N) is 1. The smallest absolute Gasteiger partial charge is 0.0587 e. The maximum absolute atomic E-state index is 5.04. The molecular weight excluding hydrogens is 328 g/mol. The van der Waals surface area contributed by atoms with Crippen LogP contribution in [0.2, 0.25) is 0 Å². The molecule has 3 nitrogen and oxygen atoms in total. The lowest BCUT2D eigenvalue weighted by atomic mass is 9.93. The SMILES string of the molecule is COCCNCc1ccc(N2CCC(C)CC2C)c(Br)c1. The van der Waals surface area contributed by atoms with Gasteiger partial charge in [0.25, 0.3) is 0 Å². The van der Waals surface area contributed by atoms with Gasteiger partial charge in [0, 0.05) is 37.3 Å². The van der Waals surface area contributed by atoms with Gasteiger partial charge in [0.2, 0.25) is 0 Å². The average Bonchev–Trinajstić information content (AvgIpc) is 2.45. The fraction of sp³-hybridized carbons (Fsp3) is 0.647. The summed E-state index contributed by atoms with van der Waals surface area (Å²) < 4.78 is 6.25. The van der Waals surface area contributed by atoms with Crippen molar-refractivity contribution in [3.05, 3.63) is 28.2 Å². The van der Waals surface area contributed by atoms with Crippen LogP contribution >= 0.6 is 15.9 Å². The molecule has 2 atom stereocenters. The van der Waals surface area contributed by atoms with Gasteiger partial charge in [-0.05, 0) is 59.3 Å². The van der Waals surface area contributed by atoms with Crippen LogP contribution in [0.1, 0.15) is 32.3 Å². The van der Waals surface area contributed by atoms with E-state index in [2.05, 4.69) is 58.2 Å². The van der Waals surface area contributed by atoms with Crippen molar-refractivity contribution < 1.29 is 4.74 Å². The number of ether oxygens (including phenoxy) is 1. The summed E-state index contributed by atoms with van der Waals surface area (Å²) in [7, 11) is 1.73. The Morgan fingerprint density at radius 1 is 1.38 bits per heavy atom. The third-order valence-corrected chi connectivity index (χ3v) is 4.91. The van der Waals surface area contributed by atoms with Crippen molar-refractivity contribution in [2.24, 2.45) is 5.92 Å². The summed E-state index contributed by atoms with van der Waals surface area (Å²) >= 11 is 3.75. The van der Waals surface area contributed by atoms with E-state index in [4.69, 9.17) is 4.74 Å². The molecule has 2 rings (SSSR count). The van der Waals surface area contributed by atoms with Gasteiger partial charge in [-0.25, -0.2) is 0 Å².